The molecule has 0 heterocycles. The van der Waals surface area contributed by atoms with Gasteiger partial charge in [0.25, 0.3) is 0 Å². The van der Waals surface area contributed by atoms with Crippen LogP contribution in [0.15, 0.2) is 36.4 Å². The van der Waals surface area contributed by atoms with E-state index in [1.54, 1.807) is 0 Å². The molecule has 1 heteroatoms. The van der Waals surface area contributed by atoms with E-state index in [4.69, 9.17) is 0 Å². The average Bonchev–Trinajstić information content (AvgIpc) is 2.67. The molecule has 0 fully saturated rings. The molecule has 0 saturated heterocycles. The summed E-state index contributed by atoms with van der Waals surface area (Å²) in [6, 6.07) is 12.6. The number of hydrogen-bond acceptors (Lipinski definition) is 0. The Bertz CT molecular complexity index is 308. The summed E-state index contributed by atoms with van der Waals surface area (Å²) < 4.78 is 0. The van der Waals surface area contributed by atoms with Gasteiger partial charge in [-0.3, -0.25) is 0 Å². The summed E-state index contributed by atoms with van der Waals surface area (Å²) in [4.78, 5) is 0. The quantitative estimate of drug-likeness (QED) is 0.638. The Balaban J connectivity index is 0.000000245. The van der Waals surface area contributed by atoms with Crippen LogP contribution in [0, 0.1) is 27.7 Å². The molecule has 0 atom stereocenters. The van der Waals surface area contributed by atoms with Gasteiger partial charge in [0.1, 0.15) is 0 Å². The molecule has 0 nitrogen and oxygen atoms in total. The fourth-order valence-electron chi connectivity index (χ4n) is 1.20. The van der Waals surface area contributed by atoms with Gasteiger partial charge in [-0.15, -0.1) is 0 Å². The van der Waals surface area contributed by atoms with Crippen LogP contribution in [0.4, 0.5) is 0 Å². The first-order valence-electron chi connectivity index (χ1n) is 4.99. The first-order valence-corrected chi connectivity index (χ1v) is 4.99. The maximum Gasteiger partial charge on any atom is 2.00 e. The topological polar surface area (TPSA) is 0 Å². The molecule has 0 saturated carbocycles. The van der Waals surface area contributed by atoms with Crippen LogP contribution in [0.1, 0.15) is 22.3 Å². The normalized spacial score (nSPS) is 8.80. The molecule has 15 heavy (non-hydrogen) atoms. The second-order valence-electron chi connectivity index (χ2n) is 3.78. The van der Waals surface area contributed by atoms with Crippen LogP contribution in [-0.2, 0) is 26.2 Å². The predicted octanol–water partition coefficient (Wildman–Crippen LogP) is 4.04. The molecule has 2 aromatic carbocycles. The smallest absolute Gasteiger partial charge is 0.213 e. The van der Waals surface area contributed by atoms with Crippen molar-refractivity contribution in [2.24, 2.45) is 0 Å². The first-order chi connectivity index (χ1) is 6.61. The molecule has 0 unspecified atom stereocenters. The zero-order valence-electron chi connectivity index (χ0n) is 9.96. The van der Waals surface area contributed by atoms with E-state index in [1.807, 2.05) is 0 Å². The predicted molar refractivity (Wildman–Crippen MR) is 63.0 cm³/mol. The molecule has 0 bridgehead atoms. The summed E-state index contributed by atoms with van der Waals surface area (Å²) in [6.07, 6.45) is 0. The van der Waals surface area contributed by atoms with E-state index < -0.39 is 0 Å². The van der Waals surface area contributed by atoms with Crippen LogP contribution in [0.5, 0.6) is 0 Å². The van der Waals surface area contributed by atoms with Gasteiger partial charge in [-0.1, -0.05) is 27.7 Å². The Morgan fingerprint density at radius 1 is 0.800 bits per heavy atom. The zero-order chi connectivity index (χ0) is 10.6. The van der Waals surface area contributed by atoms with Gasteiger partial charge >= 0.3 is 26.2 Å². The molecule has 0 aliphatic rings. The standard InChI is InChI=1S/2C7H9.Zr/c2*1-6-4-3-5-7(6)2;/h2*3-5H,1-2H3;/q2*-1;+2. The van der Waals surface area contributed by atoms with Gasteiger partial charge in [0, 0.05) is 0 Å². The third-order valence-corrected chi connectivity index (χ3v) is 2.63. The summed E-state index contributed by atoms with van der Waals surface area (Å²) in [5, 5.41) is 0. The molecule has 0 N–H and O–H groups in total. The van der Waals surface area contributed by atoms with Crippen molar-refractivity contribution in [1.82, 2.24) is 0 Å². The van der Waals surface area contributed by atoms with Crippen LogP contribution in [0.25, 0.3) is 0 Å². The Morgan fingerprint density at radius 3 is 1.20 bits per heavy atom. The molecule has 0 spiro atoms. The van der Waals surface area contributed by atoms with E-state index >= 15 is 0 Å². The van der Waals surface area contributed by atoms with Crippen LogP contribution < -0.4 is 0 Å². The van der Waals surface area contributed by atoms with Gasteiger partial charge in [-0.05, 0) is 0 Å². The Hall–Kier alpha value is -0.417. The van der Waals surface area contributed by atoms with E-state index in [2.05, 4.69) is 64.1 Å². The fraction of sp³-hybridized carbons (Fsp3) is 0.286. The Labute approximate surface area is 112 Å². The molecule has 2 aromatic rings. The maximum atomic E-state index is 2.12. The molecule has 0 radical (unpaired) electrons. The van der Waals surface area contributed by atoms with E-state index in [1.165, 1.54) is 22.3 Å². The Kier molecular flexibility index (Phi) is 6.76. The van der Waals surface area contributed by atoms with Crippen molar-refractivity contribution in [1.29, 1.82) is 0 Å². The van der Waals surface area contributed by atoms with Crippen molar-refractivity contribution in [2.75, 3.05) is 0 Å². The van der Waals surface area contributed by atoms with Gasteiger partial charge in [0.15, 0.2) is 0 Å². The molecule has 0 aromatic heterocycles. The largest absolute Gasteiger partial charge is 2.00 e. The monoisotopic (exact) mass is 276 g/mol. The van der Waals surface area contributed by atoms with Crippen molar-refractivity contribution in [3.05, 3.63) is 58.7 Å². The van der Waals surface area contributed by atoms with Crippen LogP contribution >= 0.6 is 0 Å². The van der Waals surface area contributed by atoms with Gasteiger partial charge in [-0.2, -0.15) is 34.4 Å². The minimum atomic E-state index is 0. The minimum Gasteiger partial charge on any atom is -0.213 e. The van der Waals surface area contributed by atoms with E-state index in [-0.39, 0.29) is 26.2 Å². The summed E-state index contributed by atoms with van der Waals surface area (Å²) >= 11 is 0. The minimum absolute atomic E-state index is 0. The number of rotatable bonds is 0. The first kappa shape index (κ1) is 14.6. The van der Waals surface area contributed by atoms with Gasteiger partial charge in [-0.25, -0.2) is 24.3 Å². The molecular formula is C14H18Zr. The Morgan fingerprint density at radius 2 is 1.13 bits per heavy atom. The van der Waals surface area contributed by atoms with Crippen molar-refractivity contribution < 1.29 is 26.2 Å². The van der Waals surface area contributed by atoms with E-state index in [0.717, 1.165) is 0 Å². The third-order valence-electron chi connectivity index (χ3n) is 2.63. The van der Waals surface area contributed by atoms with Gasteiger partial charge < -0.3 is 0 Å². The molecule has 0 aliphatic carbocycles. The second kappa shape index (κ2) is 6.96. The number of aryl methyl sites for hydroxylation is 4. The summed E-state index contributed by atoms with van der Waals surface area (Å²) in [7, 11) is 0. The second-order valence-corrected chi connectivity index (χ2v) is 3.78. The summed E-state index contributed by atoms with van der Waals surface area (Å²) in [5.74, 6) is 0. The summed E-state index contributed by atoms with van der Waals surface area (Å²) in [6.45, 7) is 8.48. The molecule has 0 amide bonds. The molecule has 2 rings (SSSR count). The van der Waals surface area contributed by atoms with Gasteiger partial charge in [0.2, 0.25) is 0 Å². The van der Waals surface area contributed by atoms with Crippen LogP contribution in [0.3, 0.4) is 0 Å². The third kappa shape index (κ3) is 4.75. The fourth-order valence-corrected chi connectivity index (χ4v) is 1.20. The van der Waals surface area contributed by atoms with Crippen LogP contribution in [0.2, 0.25) is 0 Å². The van der Waals surface area contributed by atoms with Crippen LogP contribution in [-0.4, -0.2) is 0 Å². The maximum absolute atomic E-state index is 2.12. The number of hydrogen-bond donors (Lipinski definition) is 0. The molecule has 78 valence electrons. The van der Waals surface area contributed by atoms with Gasteiger partial charge in [0.05, 0.1) is 0 Å². The van der Waals surface area contributed by atoms with Crippen molar-refractivity contribution in [3.63, 3.8) is 0 Å². The van der Waals surface area contributed by atoms with Crippen molar-refractivity contribution >= 4 is 0 Å². The van der Waals surface area contributed by atoms with E-state index in [0.29, 0.717) is 0 Å². The van der Waals surface area contributed by atoms with E-state index in [9.17, 15) is 0 Å². The summed E-state index contributed by atoms with van der Waals surface area (Å²) in [5.41, 5.74) is 5.56. The molecular weight excluding hydrogens is 259 g/mol. The van der Waals surface area contributed by atoms with Crippen molar-refractivity contribution in [3.8, 4) is 0 Å². The van der Waals surface area contributed by atoms with Crippen molar-refractivity contribution in [2.45, 2.75) is 27.7 Å². The molecule has 0 aliphatic heterocycles. The zero-order valence-corrected chi connectivity index (χ0v) is 12.4. The SMILES string of the molecule is Cc1ccc[c-]1C.Cc1ccc[c-]1C.[Zr+2]. The average molecular weight is 278 g/mol.